The number of aliphatic hydroxyl groups is 1. The standard InChI is InChI=1S/C23H24N6O.C22H22FN5O.C22H21N7O.C22H24N6O.C21H20FN5O2/c1-15-9-17(12-28-11-16(2)25-22(15)28)19-10-21(30)29-13-18(3-4-20(29)26-19)27-8-7-24-23(14-27)5-6-23;1-14-11-27-12-17(9-18(23)22(27)24-14)19-10-21(29)28-13-16(3-4-20(28)25-19)15-5-7-26(2)8-6-15;1-15-12-28-13-17(9-16(11-23)22(28)24-15)19-10-21(30)29-14-18(3-4-20(29)25-19)27-7-5-26(2)6-8-27;1-15-10-17(13-27-12-16(2)23-22(15)27)19-11-21(29)28-14-18(4-5-20(28)24-19)26-8-6-25(3)7-9-26;1-13-10-26-11-14(8-16(22)20(26)24-13)17-9-19(28)27-12-15(2-3-18(27)25-17)21(29)4-6-23-7-5-21/h3-4,9-13,24H,5-8,14H2,1-2H3;3-4,9-13,15H,5-8H2,1-2H3;3-4,9-10,12-14H,5-8H2,1-2H3;4-5,10-14H,6-9H2,1-3H3;2-3,8-12,23,29H,4-7H2,1H3. The SMILES string of the molecule is Cc1cn2cc(-c3cc(=O)n4cc(C5(O)CCNCC5)ccc4n3)cc(F)c2n1.Cc1cn2cc(-c3cc(=O)n4cc(C5CCN(C)CC5)ccc4n3)cc(F)c2n1.Cc1cn2cc(-c3cc(=O)n4cc(N5CCN(C)CC5)ccc4n3)cc(C#N)c2n1.Cc1cn2cc(-c3cc(=O)n4cc(N5CCN(C)CC5)ccc4n3)cc(C)c2n1.Cc1cn2cc(-c3cc(=O)n4cc(N5CCNC6(CC6)C5)ccc4n3)cc(C)c2n1. The molecule has 20 aromatic heterocycles. The predicted molar refractivity (Wildman–Crippen MR) is 563 cm³/mol. The Hall–Kier alpha value is -16.2. The molecule has 20 aromatic rings. The van der Waals surface area contributed by atoms with E-state index in [2.05, 4.69) is 125 Å². The summed E-state index contributed by atoms with van der Waals surface area (Å²) >= 11 is 0. The lowest BCUT2D eigenvalue weighted by molar-refractivity contribution is 0.00555. The Morgan fingerprint density at radius 1 is 0.347 bits per heavy atom. The largest absolute Gasteiger partial charge is 0.385 e. The molecule has 37 heteroatoms. The molecular weight excluding hydrogens is 1860 g/mol. The fourth-order valence-electron chi connectivity index (χ4n) is 20.7. The number of nitriles is 1. The summed E-state index contributed by atoms with van der Waals surface area (Å²) in [5.41, 5.74) is 22.6. The van der Waals surface area contributed by atoms with Gasteiger partial charge in [0.25, 0.3) is 27.8 Å². The molecular formula is C110H111F2N29O6. The molecule has 1 saturated carbocycles. The third kappa shape index (κ3) is 19.5. The number of anilines is 3. The molecule has 1 spiro atoms. The number of aryl methyl sites for hydroxylation is 7. The quantitative estimate of drug-likeness (QED) is 0.114. The molecule has 6 fully saturated rings. The minimum absolute atomic E-state index is 0.0623. The van der Waals surface area contributed by atoms with Crippen LogP contribution in [0.5, 0.6) is 0 Å². The van der Waals surface area contributed by atoms with Gasteiger partial charge in [0.2, 0.25) is 0 Å². The summed E-state index contributed by atoms with van der Waals surface area (Å²) < 4.78 is 45.8. The first-order valence-corrected chi connectivity index (χ1v) is 49.7. The monoisotopic (exact) mass is 1970 g/mol. The molecule has 5 saturated heterocycles. The maximum atomic E-state index is 14.4. The van der Waals surface area contributed by atoms with Crippen LogP contribution < -0.4 is 53.1 Å². The number of nitrogens with zero attached hydrogens (tertiary/aromatic N) is 27. The molecule has 0 radical (unpaired) electrons. The molecule has 147 heavy (non-hydrogen) atoms. The molecule has 1 aliphatic carbocycles. The zero-order chi connectivity index (χ0) is 102. The van der Waals surface area contributed by atoms with E-state index in [4.69, 9.17) is 9.97 Å². The van der Waals surface area contributed by atoms with Gasteiger partial charge in [-0.2, -0.15) is 5.26 Å². The smallest absolute Gasteiger partial charge is 0.258 e. The Kier molecular flexibility index (Phi) is 25.2. The molecule has 0 amide bonds. The van der Waals surface area contributed by atoms with Crippen molar-refractivity contribution in [3.8, 4) is 62.4 Å². The number of aromatic nitrogens is 20. The Morgan fingerprint density at radius 3 is 1.10 bits per heavy atom. The molecule has 25 heterocycles. The number of imidazole rings is 5. The number of piperidine rings is 2. The summed E-state index contributed by atoms with van der Waals surface area (Å²) in [6.45, 7) is 27.9. The van der Waals surface area contributed by atoms with E-state index >= 15 is 0 Å². The number of rotatable bonds is 10. The highest BCUT2D eigenvalue weighted by molar-refractivity contribution is 5.73. The summed E-state index contributed by atoms with van der Waals surface area (Å²) in [5.74, 6) is -0.445. The Bertz CT molecular complexity index is 8800. The number of likely N-dealkylation sites (tertiary alicyclic amines) is 1. The van der Waals surface area contributed by atoms with Crippen LogP contribution in [0.25, 0.3) is 113 Å². The topological polar surface area (TPSA) is 346 Å². The second kappa shape index (κ2) is 38.7. The van der Waals surface area contributed by atoms with Crippen LogP contribution in [0.4, 0.5) is 25.8 Å². The molecule has 0 aromatic carbocycles. The van der Waals surface area contributed by atoms with Gasteiger partial charge in [-0.3, -0.25) is 46.0 Å². The van der Waals surface area contributed by atoms with Gasteiger partial charge in [-0.05, 0) is 236 Å². The lowest BCUT2D eigenvalue weighted by Crippen LogP contribution is -2.52. The van der Waals surface area contributed by atoms with Crippen LogP contribution in [0.15, 0.2) is 238 Å². The van der Waals surface area contributed by atoms with Gasteiger partial charge in [0.05, 0.1) is 85.2 Å². The van der Waals surface area contributed by atoms with Gasteiger partial charge < -0.3 is 67.1 Å². The van der Waals surface area contributed by atoms with Crippen LogP contribution in [-0.2, 0) is 5.60 Å². The summed E-state index contributed by atoms with van der Waals surface area (Å²) in [7, 11) is 6.39. The van der Waals surface area contributed by atoms with E-state index in [1.807, 2.05) is 159 Å². The molecule has 5 aliphatic heterocycles. The van der Waals surface area contributed by atoms with Crippen molar-refractivity contribution in [3.05, 3.63) is 334 Å². The molecule has 26 rings (SSSR count). The van der Waals surface area contributed by atoms with Crippen LogP contribution in [0.1, 0.15) is 101 Å². The van der Waals surface area contributed by atoms with Crippen molar-refractivity contribution in [2.24, 2.45) is 0 Å². The second-order valence-corrected chi connectivity index (χ2v) is 39.9. The van der Waals surface area contributed by atoms with Crippen molar-refractivity contribution in [2.75, 3.05) is 134 Å². The van der Waals surface area contributed by atoms with Crippen molar-refractivity contribution in [3.63, 3.8) is 0 Å². The van der Waals surface area contributed by atoms with Crippen molar-refractivity contribution >= 4 is 73.5 Å². The molecule has 0 atom stereocenters. The van der Waals surface area contributed by atoms with Crippen molar-refractivity contribution in [1.29, 1.82) is 5.26 Å². The fourth-order valence-corrected chi connectivity index (χ4v) is 20.7. The summed E-state index contributed by atoms with van der Waals surface area (Å²) in [4.78, 5) is 123. The van der Waals surface area contributed by atoms with Gasteiger partial charge in [0.15, 0.2) is 28.6 Å². The van der Waals surface area contributed by atoms with Crippen molar-refractivity contribution < 1.29 is 13.9 Å². The van der Waals surface area contributed by atoms with Crippen molar-refractivity contribution in [2.45, 2.75) is 104 Å². The first-order valence-electron chi connectivity index (χ1n) is 49.7. The Morgan fingerprint density at radius 2 is 0.687 bits per heavy atom. The van der Waals surface area contributed by atoms with Crippen LogP contribution >= 0.6 is 0 Å². The molecule has 0 bridgehead atoms. The van der Waals surface area contributed by atoms with Gasteiger partial charge in [-0.15, -0.1) is 0 Å². The number of fused-ring (bicyclic) bond motifs is 10. The molecule has 0 unspecified atom stereocenters. The van der Waals surface area contributed by atoms with E-state index in [-0.39, 0.29) is 39.1 Å². The minimum Gasteiger partial charge on any atom is -0.385 e. The highest BCUT2D eigenvalue weighted by Crippen LogP contribution is 2.40. The van der Waals surface area contributed by atoms with Gasteiger partial charge in [0, 0.05) is 234 Å². The third-order valence-electron chi connectivity index (χ3n) is 29.0. The maximum Gasteiger partial charge on any atom is 0.258 e. The van der Waals surface area contributed by atoms with Crippen LogP contribution in [0.3, 0.4) is 0 Å². The maximum absolute atomic E-state index is 14.4. The number of likely N-dealkylation sites (N-methyl/N-ethyl adjacent to an activating group) is 2. The van der Waals surface area contributed by atoms with Crippen LogP contribution in [0, 0.1) is 71.4 Å². The van der Waals surface area contributed by atoms with Gasteiger partial charge in [-0.25, -0.2) is 58.6 Å². The lowest BCUT2D eigenvalue weighted by Gasteiger charge is -2.35. The van der Waals surface area contributed by atoms with E-state index < -0.39 is 17.2 Å². The van der Waals surface area contributed by atoms with Gasteiger partial charge in [-0.1, -0.05) is 12.1 Å². The number of hydrogen-bond acceptors (Lipinski definition) is 25. The number of pyridine rings is 10. The van der Waals surface area contributed by atoms with Crippen LogP contribution in [-0.4, -0.2) is 239 Å². The van der Waals surface area contributed by atoms with E-state index in [0.29, 0.717) is 120 Å². The number of halogens is 2. The first kappa shape index (κ1) is 95.6. The summed E-state index contributed by atoms with van der Waals surface area (Å²) in [6, 6.07) is 37.7. The number of piperazine rings is 3. The van der Waals surface area contributed by atoms with Gasteiger partial charge in [0.1, 0.15) is 45.6 Å². The lowest BCUT2D eigenvalue weighted by atomic mass is 9.86. The van der Waals surface area contributed by atoms with Crippen molar-refractivity contribution in [1.82, 2.24) is 119 Å². The zero-order valence-electron chi connectivity index (χ0n) is 83.5. The Balaban J connectivity index is 0.000000104. The van der Waals surface area contributed by atoms with E-state index in [9.17, 15) is 43.1 Å². The number of hydrogen-bond donors (Lipinski definition) is 3. The Labute approximate surface area is 841 Å². The molecule has 6 aliphatic rings. The number of nitrogens with one attached hydrogen (secondary N) is 2. The van der Waals surface area contributed by atoms with E-state index in [0.717, 1.165) is 184 Å². The zero-order valence-corrected chi connectivity index (χ0v) is 83.5. The third-order valence-corrected chi connectivity index (χ3v) is 29.0. The van der Waals surface area contributed by atoms with E-state index in [1.54, 1.807) is 94.6 Å². The predicted octanol–water partition coefficient (Wildman–Crippen LogP) is 12.2. The second-order valence-electron chi connectivity index (χ2n) is 39.9. The average Bonchev–Trinajstić information content (AvgIpc) is 1.71. The molecule has 35 nitrogen and oxygen atoms in total. The van der Waals surface area contributed by atoms with Gasteiger partial charge >= 0.3 is 0 Å². The normalized spacial score (nSPS) is 16.2. The fraction of sp³-hybridized carbons (Fsp3) is 0.309. The summed E-state index contributed by atoms with van der Waals surface area (Å²) in [6.07, 6.45) is 33.7. The van der Waals surface area contributed by atoms with E-state index in [1.165, 1.54) is 53.1 Å². The first-order chi connectivity index (χ1) is 70.9. The average molecular weight is 1970 g/mol. The molecule has 3 N–H and O–H groups in total. The van der Waals surface area contributed by atoms with Crippen LogP contribution in [0.2, 0.25) is 0 Å². The minimum atomic E-state index is -0.953. The summed E-state index contributed by atoms with van der Waals surface area (Å²) in [5, 5.41) is 27.3. The highest BCUT2D eigenvalue weighted by Gasteiger charge is 2.46. The molecule has 746 valence electrons. The highest BCUT2D eigenvalue weighted by atomic mass is 19.1.